The lowest BCUT2D eigenvalue weighted by Crippen LogP contribution is -2.59. The summed E-state index contributed by atoms with van der Waals surface area (Å²) in [5.74, 6) is 1.98. The highest BCUT2D eigenvalue weighted by Gasteiger charge is 2.60. The zero-order valence-electron chi connectivity index (χ0n) is 17.8. The maximum absolute atomic E-state index is 13.3. The summed E-state index contributed by atoms with van der Waals surface area (Å²) in [6.07, 6.45) is 10.4. The van der Waals surface area contributed by atoms with Gasteiger partial charge in [-0.25, -0.2) is 0 Å². The average molecular weight is 427 g/mol. The van der Waals surface area contributed by atoms with Crippen LogP contribution in [-0.4, -0.2) is 17.9 Å². The van der Waals surface area contributed by atoms with Crippen molar-refractivity contribution in [2.75, 3.05) is 5.32 Å². The summed E-state index contributed by atoms with van der Waals surface area (Å²) in [7, 11) is 0. The summed E-state index contributed by atoms with van der Waals surface area (Å²) in [5.41, 5.74) is 0.786. The molecule has 7 atom stereocenters. The van der Waals surface area contributed by atoms with E-state index in [2.05, 4.69) is 30.6 Å². The predicted octanol–water partition coefficient (Wildman–Crippen LogP) is 5.19. The van der Waals surface area contributed by atoms with Crippen molar-refractivity contribution < 1.29 is 9.59 Å². The van der Waals surface area contributed by atoms with Gasteiger partial charge in [0.2, 0.25) is 11.8 Å². The summed E-state index contributed by atoms with van der Waals surface area (Å²) < 4.78 is 0. The van der Waals surface area contributed by atoms with Crippen LogP contribution in [-0.2, 0) is 9.59 Å². The third-order valence-corrected chi connectivity index (χ3v) is 9.46. The molecule has 5 rings (SSSR count). The molecule has 160 valence electrons. The predicted molar refractivity (Wildman–Crippen MR) is 119 cm³/mol. The van der Waals surface area contributed by atoms with Crippen molar-refractivity contribution in [2.24, 2.45) is 34.5 Å². The highest BCUT2D eigenvalue weighted by atomic mass is 35.5. The monoisotopic (exact) mass is 426 g/mol. The van der Waals surface area contributed by atoms with Gasteiger partial charge in [0.1, 0.15) is 0 Å². The van der Waals surface area contributed by atoms with Crippen molar-refractivity contribution in [3.8, 4) is 0 Å². The fraction of sp³-hybridized carbons (Fsp3) is 0.600. The Kier molecular flexibility index (Phi) is 4.77. The molecule has 3 aliphatic carbocycles. The van der Waals surface area contributed by atoms with E-state index in [0.717, 1.165) is 38.5 Å². The van der Waals surface area contributed by atoms with E-state index in [9.17, 15) is 9.59 Å². The minimum absolute atomic E-state index is 0.0341. The number of halogens is 1. The lowest BCUT2D eigenvalue weighted by molar-refractivity contribution is -0.129. The Labute approximate surface area is 183 Å². The number of carbonyl (C=O) groups is 2. The van der Waals surface area contributed by atoms with E-state index in [1.807, 2.05) is 24.3 Å². The molecule has 3 fully saturated rings. The van der Waals surface area contributed by atoms with Gasteiger partial charge in [0.05, 0.1) is 10.7 Å². The largest absolute Gasteiger partial charge is 0.349 e. The van der Waals surface area contributed by atoms with Crippen LogP contribution in [0.5, 0.6) is 0 Å². The Hall–Kier alpha value is -1.81. The summed E-state index contributed by atoms with van der Waals surface area (Å²) >= 11 is 6.28. The Morgan fingerprint density at radius 2 is 1.90 bits per heavy atom. The van der Waals surface area contributed by atoms with E-state index in [4.69, 9.17) is 11.6 Å². The molecule has 0 saturated heterocycles. The fourth-order valence-corrected chi connectivity index (χ4v) is 7.73. The second kappa shape index (κ2) is 7.12. The van der Waals surface area contributed by atoms with E-state index < -0.39 is 0 Å². The van der Waals surface area contributed by atoms with E-state index >= 15 is 0 Å². The van der Waals surface area contributed by atoms with Gasteiger partial charge < -0.3 is 10.6 Å². The molecule has 2 amide bonds. The van der Waals surface area contributed by atoms with Crippen molar-refractivity contribution in [2.45, 2.75) is 58.4 Å². The van der Waals surface area contributed by atoms with Crippen LogP contribution in [0.1, 0.15) is 52.4 Å². The number of benzene rings is 1. The zero-order valence-corrected chi connectivity index (χ0v) is 18.5. The van der Waals surface area contributed by atoms with Crippen molar-refractivity contribution in [1.82, 2.24) is 5.32 Å². The first-order valence-electron chi connectivity index (χ1n) is 11.4. The summed E-state index contributed by atoms with van der Waals surface area (Å²) in [5, 5.41) is 6.92. The first-order valence-corrected chi connectivity index (χ1v) is 11.8. The molecule has 2 N–H and O–H groups in total. The Balaban J connectivity index is 1.38. The van der Waals surface area contributed by atoms with Crippen LogP contribution < -0.4 is 10.6 Å². The van der Waals surface area contributed by atoms with Crippen molar-refractivity contribution in [1.29, 1.82) is 0 Å². The molecular formula is C25H31ClN2O2. The molecule has 1 heterocycles. The second-order valence-electron chi connectivity index (χ2n) is 10.4. The van der Waals surface area contributed by atoms with Crippen LogP contribution in [0.4, 0.5) is 5.69 Å². The quantitative estimate of drug-likeness (QED) is 0.683. The molecule has 0 aromatic heterocycles. The second-order valence-corrected chi connectivity index (χ2v) is 10.8. The number of carbonyl (C=O) groups excluding carboxylic acids is 2. The van der Waals surface area contributed by atoms with E-state index in [1.54, 1.807) is 6.08 Å². The standard InChI is InChI=1S/C25H31ClN2O2/c1-24-13-11-17-15(7-10-21-25(17,2)14-12-22(29)28-21)16(24)8-9-18(24)23(30)27-20-6-4-3-5-19(20)26/h3-6,12,14-18,21H,7-11,13H2,1-2H3,(H,27,30)(H,28,29)/t15-,16-,17-,18+,21+,24-,25+/m0/s1. The van der Waals surface area contributed by atoms with E-state index in [-0.39, 0.29) is 34.6 Å². The Morgan fingerprint density at radius 3 is 2.70 bits per heavy atom. The minimum atomic E-state index is 0.0341. The van der Waals surface area contributed by atoms with E-state index in [0.29, 0.717) is 28.5 Å². The van der Waals surface area contributed by atoms with Gasteiger partial charge in [0, 0.05) is 17.4 Å². The number of hydrogen-bond donors (Lipinski definition) is 2. The molecule has 5 heteroatoms. The molecule has 30 heavy (non-hydrogen) atoms. The van der Waals surface area contributed by atoms with E-state index in [1.165, 1.54) is 0 Å². The lowest BCUT2D eigenvalue weighted by Gasteiger charge is -2.58. The SMILES string of the molecule is C[C@]12C=CC(=O)N[C@@H]1CC[C@@H]1[C@@H]2CC[C@]2(C)[C@@H](C(=O)Nc3ccccc3Cl)CC[C@@H]12. The number of hydrogen-bond acceptors (Lipinski definition) is 2. The van der Waals surface area contributed by atoms with Gasteiger partial charge in [-0.2, -0.15) is 0 Å². The summed E-state index contributed by atoms with van der Waals surface area (Å²) in [6.45, 7) is 4.69. The number of rotatable bonds is 2. The van der Waals surface area contributed by atoms with Gasteiger partial charge in [-0.3, -0.25) is 9.59 Å². The Morgan fingerprint density at radius 1 is 1.10 bits per heavy atom. The summed E-state index contributed by atoms with van der Waals surface area (Å²) in [6, 6.07) is 7.73. The van der Waals surface area contributed by atoms with Crippen LogP contribution in [0.15, 0.2) is 36.4 Å². The van der Waals surface area contributed by atoms with Gasteiger partial charge in [-0.1, -0.05) is 43.7 Å². The minimum Gasteiger partial charge on any atom is -0.349 e. The normalized spacial score (nSPS) is 42.0. The van der Waals surface area contributed by atoms with Crippen LogP contribution in [0.25, 0.3) is 0 Å². The molecule has 1 aromatic rings. The highest BCUT2D eigenvalue weighted by Crippen LogP contribution is 2.65. The molecule has 0 radical (unpaired) electrons. The molecule has 3 saturated carbocycles. The number of amides is 2. The number of nitrogens with one attached hydrogen (secondary N) is 2. The van der Waals surface area contributed by atoms with Gasteiger partial charge in [-0.05, 0) is 79.9 Å². The Bertz CT molecular complexity index is 914. The molecule has 1 aliphatic heterocycles. The van der Waals surface area contributed by atoms with Crippen molar-refractivity contribution >= 4 is 29.1 Å². The molecule has 4 nitrogen and oxygen atoms in total. The first kappa shape index (κ1) is 20.1. The van der Waals surface area contributed by atoms with Gasteiger partial charge in [-0.15, -0.1) is 0 Å². The first-order chi connectivity index (χ1) is 14.3. The third kappa shape index (κ3) is 2.94. The third-order valence-electron chi connectivity index (χ3n) is 9.13. The fourth-order valence-electron chi connectivity index (χ4n) is 7.55. The molecule has 4 aliphatic rings. The zero-order chi connectivity index (χ0) is 21.1. The maximum Gasteiger partial charge on any atom is 0.243 e. The van der Waals surface area contributed by atoms with Gasteiger partial charge in [0.15, 0.2) is 0 Å². The molecular weight excluding hydrogens is 396 g/mol. The van der Waals surface area contributed by atoms with Crippen LogP contribution in [0.3, 0.4) is 0 Å². The smallest absolute Gasteiger partial charge is 0.243 e. The number of anilines is 1. The molecule has 0 spiro atoms. The van der Waals surface area contributed by atoms with Crippen LogP contribution in [0.2, 0.25) is 5.02 Å². The molecule has 0 bridgehead atoms. The van der Waals surface area contributed by atoms with Crippen molar-refractivity contribution in [3.05, 3.63) is 41.4 Å². The summed E-state index contributed by atoms with van der Waals surface area (Å²) in [4.78, 5) is 25.2. The molecule has 0 unspecified atom stereocenters. The average Bonchev–Trinajstić information content (AvgIpc) is 3.07. The highest BCUT2D eigenvalue weighted by molar-refractivity contribution is 6.33. The molecule has 1 aromatic carbocycles. The maximum atomic E-state index is 13.3. The number of para-hydroxylation sites is 1. The van der Waals surface area contributed by atoms with Gasteiger partial charge >= 0.3 is 0 Å². The van der Waals surface area contributed by atoms with Crippen molar-refractivity contribution in [3.63, 3.8) is 0 Å². The lowest BCUT2D eigenvalue weighted by atomic mass is 9.48. The van der Waals surface area contributed by atoms with Crippen LogP contribution >= 0.6 is 11.6 Å². The number of fused-ring (bicyclic) bond motifs is 5. The van der Waals surface area contributed by atoms with Crippen LogP contribution in [0, 0.1) is 34.5 Å². The topological polar surface area (TPSA) is 58.2 Å². The van der Waals surface area contributed by atoms with Gasteiger partial charge in [0.25, 0.3) is 0 Å².